The second-order valence-electron chi connectivity index (χ2n) is 7.83. The van der Waals surface area contributed by atoms with E-state index in [2.05, 4.69) is 23.3 Å². The molecule has 150 valence electrons. The molecule has 29 heavy (non-hydrogen) atoms. The summed E-state index contributed by atoms with van der Waals surface area (Å²) in [6.07, 6.45) is 2.02. The molecule has 2 aromatic carbocycles. The number of nitrogens with zero attached hydrogens (tertiary/aromatic N) is 2. The van der Waals surface area contributed by atoms with E-state index in [1.54, 1.807) is 31.4 Å². The van der Waals surface area contributed by atoms with Crippen molar-refractivity contribution in [3.8, 4) is 17.6 Å². The molecule has 1 N–H and O–H groups in total. The highest BCUT2D eigenvalue weighted by molar-refractivity contribution is 5.95. The van der Waals surface area contributed by atoms with Crippen molar-refractivity contribution in [2.45, 2.75) is 24.9 Å². The second kappa shape index (κ2) is 8.14. The average molecular weight is 391 g/mol. The van der Waals surface area contributed by atoms with E-state index in [-0.39, 0.29) is 23.8 Å². The summed E-state index contributed by atoms with van der Waals surface area (Å²) < 4.78 is 11.7. The molecule has 6 nitrogen and oxygen atoms in total. The smallest absolute Gasteiger partial charge is 0.228 e. The molecule has 3 atom stereocenters. The van der Waals surface area contributed by atoms with Gasteiger partial charge in [0.1, 0.15) is 6.10 Å². The van der Waals surface area contributed by atoms with Gasteiger partial charge in [-0.25, -0.2) is 0 Å². The molecule has 2 aromatic rings. The van der Waals surface area contributed by atoms with E-state index < -0.39 is 0 Å². The number of likely N-dealkylation sites (tertiary alicyclic amines) is 1. The van der Waals surface area contributed by atoms with Gasteiger partial charge in [0.05, 0.1) is 18.7 Å². The minimum absolute atomic E-state index is 0.00740. The normalized spacial score (nSPS) is 23.3. The lowest BCUT2D eigenvalue weighted by molar-refractivity contribution is -0.117. The van der Waals surface area contributed by atoms with Crippen LogP contribution in [0.4, 0.5) is 5.69 Å². The largest absolute Gasteiger partial charge is 0.493 e. The molecular weight excluding hydrogens is 366 g/mol. The number of nitriles is 1. The third-order valence-electron chi connectivity index (χ3n) is 5.67. The lowest BCUT2D eigenvalue weighted by Crippen LogP contribution is -2.21. The Bertz CT molecular complexity index is 935. The van der Waals surface area contributed by atoms with Crippen molar-refractivity contribution in [3.63, 3.8) is 0 Å². The van der Waals surface area contributed by atoms with E-state index in [9.17, 15) is 4.79 Å². The van der Waals surface area contributed by atoms with Gasteiger partial charge in [-0.3, -0.25) is 4.79 Å². The van der Waals surface area contributed by atoms with Crippen molar-refractivity contribution in [2.75, 3.05) is 32.6 Å². The van der Waals surface area contributed by atoms with Crippen molar-refractivity contribution in [3.05, 3.63) is 53.6 Å². The maximum Gasteiger partial charge on any atom is 0.228 e. The Labute approximate surface area is 171 Å². The molecule has 1 heterocycles. The molecular formula is C23H25N3O3. The van der Waals surface area contributed by atoms with Crippen LogP contribution in [0.25, 0.3) is 0 Å². The van der Waals surface area contributed by atoms with Gasteiger partial charge in [-0.2, -0.15) is 5.26 Å². The van der Waals surface area contributed by atoms with Crippen LogP contribution in [0.15, 0.2) is 42.5 Å². The quantitative estimate of drug-likeness (QED) is 0.817. The molecule has 1 saturated heterocycles. The predicted molar refractivity (Wildman–Crippen MR) is 110 cm³/mol. The zero-order chi connectivity index (χ0) is 20.4. The zero-order valence-electron chi connectivity index (χ0n) is 16.7. The number of anilines is 1. The van der Waals surface area contributed by atoms with Crippen LogP contribution in [0.1, 0.15) is 29.9 Å². The van der Waals surface area contributed by atoms with Crippen LogP contribution >= 0.6 is 0 Å². The van der Waals surface area contributed by atoms with Gasteiger partial charge in [-0.15, -0.1) is 0 Å². The molecule has 2 fully saturated rings. The number of carbonyl (C=O) groups is 1. The van der Waals surface area contributed by atoms with Gasteiger partial charge in [0, 0.05) is 24.7 Å². The van der Waals surface area contributed by atoms with Gasteiger partial charge in [-0.05, 0) is 67.8 Å². The highest BCUT2D eigenvalue weighted by Crippen LogP contribution is 2.49. The van der Waals surface area contributed by atoms with Crippen LogP contribution in [-0.2, 0) is 4.79 Å². The number of likely N-dealkylation sites (N-methyl/N-ethyl adjacent to an activating group) is 1. The summed E-state index contributed by atoms with van der Waals surface area (Å²) in [6, 6.07) is 15.0. The number of ether oxygens (including phenoxy) is 2. The maximum atomic E-state index is 12.6. The minimum atomic E-state index is -0.0504. The number of methoxy groups -OCH3 is 1. The Morgan fingerprint density at radius 1 is 1.21 bits per heavy atom. The molecule has 1 aliphatic heterocycles. The Balaban J connectivity index is 1.39. The summed E-state index contributed by atoms with van der Waals surface area (Å²) in [5, 5.41) is 11.8. The number of hydrogen-bond acceptors (Lipinski definition) is 5. The van der Waals surface area contributed by atoms with E-state index in [0.717, 1.165) is 43.0 Å². The third kappa shape index (κ3) is 4.36. The van der Waals surface area contributed by atoms with Crippen molar-refractivity contribution >= 4 is 11.6 Å². The molecule has 0 radical (unpaired) electrons. The summed E-state index contributed by atoms with van der Waals surface area (Å²) in [6.45, 7) is 1.97. The summed E-state index contributed by atoms with van der Waals surface area (Å²) in [5.41, 5.74) is 2.38. The molecule has 1 aliphatic carbocycles. The van der Waals surface area contributed by atoms with Gasteiger partial charge < -0.3 is 19.7 Å². The SMILES string of the molecule is COc1cc(C2CC2C(=O)Nc2ccc(C#N)cc2)ccc1OC1CCN(C)C1. The lowest BCUT2D eigenvalue weighted by atomic mass is 10.1. The number of benzene rings is 2. The van der Waals surface area contributed by atoms with Crippen molar-refractivity contribution in [1.82, 2.24) is 4.90 Å². The van der Waals surface area contributed by atoms with E-state index >= 15 is 0 Å². The molecule has 1 amide bonds. The summed E-state index contributed by atoms with van der Waals surface area (Å²) >= 11 is 0. The fourth-order valence-corrected chi connectivity index (χ4v) is 3.90. The topological polar surface area (TPSA) is 74.6 Å². The van der Waals surface area contributed by atoms with Crippen molar-refractivity contribution < 1.29 is 14.3 Å². The first-order valence-corrected chi connectivity index (χ1v) is 9.91. The van der Waals surface area contributed by atoms with Crippen molar-refractivity contribution in [1.29, 1.82) is 5.26 Å². The number of amides is 1. The first-order valence-electron chi connectivity index (χ1n) is 9.91. The van der Waals surface area contributed by atoms with E-state index in [1.807, 2.05) is 18.2 Å². The molecule has 1 saturated carbocycles. The van der Waals surface area contributed by atoms with Crippen molar-refractivity contribution in [2.24, 2.45) is 5.92 Å². The zero-order valence-corrected chi connectivity index (χ0v) is 16.7. The molecule has 0 bridgehead atoms. The van der Waals surface area contributed by atoms with Gasteiger partial charge in [-0.1, -0.05) is 6.07 Å². The van der Waals surface area contributed by atoms with Crippen LogP contribution in [0.2, 0.25) is 0 Å². The number of hydrogen-bond donors (Lipinski definition) is 1. The van der Waals surface area contributed by atoms with E-state index in [4.69, 9.17) is 14.7 Å². The van der Waals surface area contributed by atoms with Gasteiger partial charge in [0.15, 0.2) is 11.5 Å². The third-order valence-corrected chi connectivity index (χ3v) is 5.67. The maximum absolute atomic E-state index is 12.6. The second-order valence-corrected chi connectivity index (χ2v) is 7.83. The Morgan fingerprint density at radius 2 is 2.00 bits per heavy atom. The van der Waals surface area contributed by atoms with Crippen LogP contribution in [0, 0.1) is 17.2 Å². The lowest BCUT2D eigenvalue weighted by Gasteiger charge is -2.17. The highest BCUT2D eigenvalue weighted by Gasteiger charge is 2.44. The van der Waals surface area contributed by atoms with Crippen LogP contribution < -0.4 is 14.8 Å². The molecule has 0 aromatic heterocycles. The van der Waals surface area contributed by atoms with Crippen LogP contribution in [-0.4, -0.2) is 44.2 Å². The van der Waals surface area contributed by atoms with Gasteiger partial charge in [0.2, 0.25) is 5.91 Å². The molecule has 4 rings (SSSR count). The average Bonchev–Trinajstić information content (AvgIpc) is 3.44. The van der Waals surface area contributed by atoms with E-state index in [1.165, 1.54) is 0 Å². The highest BCUT2D eigenvalue weighted by atomic mass is 16.5. The summed E-state index contributed by atoms with van der Waals surface area (Å²) in [7, 11) is 3.74. The predicted octanol–water partition coefficient (Wildman–Crippen LogP) is 3.39. The Hall–Kier alpha value is -3.04. The monoisotopic (exact) mass is 391 g/mol. The fourth-order valence-electron chi connectivity index (χ4n) is 3.90. The number of nitrogens with one attached hydrogen (secondary N) is 1. The molecule has 2 aliphatic rings. The van der Waals surface area contributed by atoms with Crippen LogP contribution in [0.3, 0.4) is 0 Å². The Kier molecular flexibility index (Phi) is 5.41. The molecule has 0 spiro atoms. The van der Waals surface area contributed by atoms with Gasteiger partial charge >= 0.3 is 0 Å². The summed E-state index contributed by atoms with van der Waals surface area (Å²) in [4.78, 5) is 14.8. The van der Waals surface area contributed by atoms with Crippen LogP contribution in [0.5, 0.6) is 11.5 Å². The first kappa shape index (κ1) is 19.3. The number of rotatable bonds is 6. The minimum Gasteiger partial charge on any atom is -0.493 e. The standard InChI is InChI=1S/C23H25N3O3/c1-26-10-9-18(14-26)29-21-8-5-16(11-22(21)28-2)19-12-20(19)23(27)25-17-6-3-15(13-24)4-7-17/h3-8,11,18-20H,9-10,12,14H2,1-2H3,(H,25,27). The van der Waals surface area contributed by atoms with E-state index in [0.29, 0.717) is 11.3 Å². The Morgan fingerprint density at radius 3 is 2.66 bits per heavy atom. The van der Waals surface area contributed by atoms with Gasteiger partial charge in [0.25, 0.3) is 0 Å². The molecule has 6 heteroatoms. The number of carbonyl (C=O) groups excluding carboxylic acids is 1. The molecule has 3 unspecified atom stereocenters. The summed E-state index contributed by atoms with van der Waals surface area (Å²) in [5.74, 6) is 1.62. The first-order chi connectivity index (χ1) is 14.1. The fraction of sp³-hybridized carbons (Fsp3) is 0.391.